The van der Waals surface area contributed by atoms with Gasteiger partial charge in [0.15, 0.2) is 34.9 Å². The molecular formula is C132H81N9O. The molecule has 660 valence electrons. The quantitative estimate of drug-likeness (QED) is 0.106. The maximum absolute atomic E-state index is 6.53. The van der Waals surface area contributed by atoms with Gasteiger partial charge in [-0.3, -0.25) is 0 Å². The van der Waals surface area contributed by atoms with E-state index in [0.29, 0.717) is 34.9 Å². The molecule has 0 spiro atoms. The standard InChI is InChI=1S/C69H43N5.C63H38N4O/c1-5-22-44(23-6-1)67-70-68(45-24-7-2-8-25-45)72-69(71-67)60-41-46(40-58-53-34-16-15-32-51(53)52-33-17-18-36-55(52)65(58)60)49-30-13-14-31-50(49)56-37-21-39-62-66(56)59-43-63-57(42-64(59)74(62)48-28-11-4-12-29-48)54-35-19-20-38-61(54)73(63)47-26-9-3-10-27-47;1-4-18-39(19-5-1)61-64-62(40-20-6-2-7-21-40)66-63(65-61)52-38-43(37-51-48-28-11-10-26-46(48)47-27-12-13-29-49(47)57(51)52)41-22-16-23-42(36-41)45-31-17-32-53-58(45)60-54(67(53)44-24-8-3-9-25-44)34-35-56-59(60)50-30-14-15-33-55(50)68-56/h1-43H;1-38H. The van der Waals surface area contributed by atoms with Crippen LogP contribution in [0.4, 0.5) is 0 Å². The molecule has 0 fully saturated rings. The third-order valence-corrected chi connectivity index (χ3v) is 28.5. The minimum Gasteiger partial charge on any atom is -0.456 e. The van der Waals surface area contributed by atoms with E-state index in [-0.39, 0.29) is 0 Å². The maximum atomic E-state index is 6.53. The van der Waals surface area contributed by atoms with Crippen molar-refractivity contribution in [1.82, 2.24) is 43.6 Å². The first-order valence-electron chi connectivity index (χ1n) is 48.2. The van der Waals surface area contributed by atoms with Gasteiger partial charge in [-0.15, -0.1) is 0 Å². The average Bonchev–Trinajstić information content (AvgIpc) is 1.54. The molecule has 142 heavy (non-hydrogen) atoms. The number of nitrogens with zero attached hydrogens (tertiary/aromatic N) is 9. The monoisotopic (exact) mass is 1810 g/mol. The van der Waals surface area contributed by atoms with Gasteiger partial charge >= 0.3 is 0 Å². The number of furan rings is 1. The van der Waals surface area contributed by atoms with Gasteiger partial charge in [-0.1, -0.05) is 376 Å². The molecule has 0 bridgehead atoms. The molecule has 0 aliphatic carbocycles. The Balaban J connectivity index is 0.000000139. The van der Waals surface area contributed by atoms with Gasteiger partial charge in [0.25, 0.3) is 0 Å². The summed E-state index contributed by atoms with van der Waals surface area (Å²) in [5.41, 5.74) is 26.5. The summed E-state index contributed by atoms with van der Waals surface area (Å²) in [7, 11) is 0. The lowest BCUT2D eigenvalue weighted by molar-refractivity contribution is 0.669. The molecule has 0 atom stereocenters. The first kappa shape index (κ1) is 81.2. The summed E-state index contributed by atoms with van der Waals surface area (Å²) in [6, 6.07) is 175. The number of para-hydroxylation sites is 5. The predicted molar refractivity (Wildman–Crippen MR) is 589 cm³/mol. The molecule has 0 aliphatic heterocycles. The summed E-state index contributed by atoms with van der Waals surface area (Å²) in [5.74, 6) is 3.75. The van der Waals surface area contributed by atoms with Crippen LogP contribution in [0.2, 0.25) is 0 Å². The molecule has 10 heteroatoms. The van der Waals surface area contributed by atoms with Crippen LogP contribution in [-0.4, -0.2) is 43.6 Å². The first-order chi connectivity index (χ1) is 70.5. The van der Waals surface area contributed by atoms with Crippen LogP contribution in [0.1, 0.15) is 0 Å². The van der Waals surface area contributed by atoms with Crippen LogP contribution in [-0.2, 0) is 0 Å². The van der Waals surface area contributed by atoms with Crippen molar-refractivity contribution >= 4 is 152 Å². The molecule has 0 amide bonds. The summed E-state index contributed by atoms with van der Waals surface area (Å²) in [6.07, 6.45) is 0. The summed E-state index contributed by atoms with van der Waals surface area (Å²) >= 11 is 0. The lowest BCUT2D eigenvalue weighted by Crippen LogP contribution is -2.01. The Morgan fingerprint density at radius 1 is 0.134 bits per heavy atom. The molecule has 0 N–H and O–H groups in total. The highest BCUT2D eigenvalue weighted by Crippen LogP contribution is 2.52. The highest BCUT2D eigenvalue weighted by molar-refractivity contribution is 6.33. The number of hydrogen-bond acceptors (Lipinski definition) is 7. The van der Waals surface area contributed by atoms with E-state index in [4.69, 9.17) is 34.3 Å². The molecule has 6 aromatic heterocycles. The zero-order chi connectivity index (χ0) is 93.4. The van der Waals surface area contributed by atoms with Crippen LogP contribution < -0.4 is 0 Å². The van der Waals surface area contributed by atoms with Gasteiger partial charge in [-0.05, 0) is 214 Å². The Kier molecular flexibility index (Phi) is 19.1. The Hall–Kier alpha value is -19.2. The van der Waals surface area contributed by atoms with Gasteiger partial charge in [0, 0.05) is 104 Å². The van der Waals surface area contributed by atoms with Gasteiger partial charge in [-0.2, -0.15) is 0 Å². The molecule has 0 aliphatic rings. The molecular weight excluding hydrogens is 1730 g/mol. The van der Waals surface area contributed by atoms with Crippen molar-refractivity contribution in [2.24, 2.45) is 0 Å². The molecule has 0 radical (unpaired) electrons. The van der Waals surface area contributed by atoms with E-state index in [1.165, 1.54) is 75.7 Å². The number of fused-ring (bicyclic) bond motifs is 25. The molecule has 6 heterocycles. The lowest BCUT2D eigenvalue weighted by atomic mass is 9.86. The van der Waals surface area contributed by atoms with E-state index in [1.807, 2.05) is 78.9 Å². The van der Waals surface area contributed by atoms with Gasteiger partial charge in [-0.25, -0.2) is 29.9 Å². The molecule has 10 nitrogen and oxygen atoms in total. The fraction of sp³-hybridized carbons (Fsp3) is 0. The van der Waals surface area contributed by atoms with Crippen molar-refractivity contribution in [2.75, 3.05) is 0 Å². The average molecular weight is 1810 g/mol. The van der Waals surface area contributed by atoms with Gasteiger partial charge < -0.3 is 18.1 Å². The van der Waals surface area contributed by atoms with Crippen molar-refractivity contribution in [3.8, 4) is 130 Å². The van der Waals surface area contributed by atoms with E-state index in [1.54, 1.807) is 0 Å². The molecule has 29 rings (SSSR count). The summed E-state index contributed by atoms with van der Waals surface area (Å²) < 4.78 is 13.8. The minimum absolute atomic E-state index is 0.619. The molecule has 23 aromatic carbocycles. The second-order valence-electron chi connectivity index (χ2n) is 36.5. The van der Waals surface area contributed by atoms with E-state index < -0.39 is 0 Å². The van der Waals surface area contributed by atoms with Gasteiger partial charge in [0.2, 0.25) is 0 Å². The molecule has 29 aromatic rings. The fourth-order valence-corrected chi connectivity index (χ4v) is 22.4. The minimum atomic E-state index is 0.619. The number of benzene rings is 23. The Morgan fingerprint density at radius 2 is 0.472 bits per heavy atom. The smallest absolute Gasteiger partial charge is 0.164 e. The first-order valence-corrected chi connectivity index (χ1v) is 48.2. The summed E-state index contributed by atoms with van der Waals surface area (Å²) in [5, 5.41) is 23.4. The number of hydrogen-bond donors (Lipinski definition) is 0. The Morgan fingerprint density at radius 3 is 0.993 bits per heavy atom. The van der Waals surface area contributed by atoms with Crippen LogP contribution >= 0.6 is 0 Å². The van der Waals surface area contributed by atoms with Gasteiger partial charge in [0.1, 0.15) is 11.2 Å². The topological polar surface area (TPSA) is 105 Å². The van der Waals surface area contributed by atoms with Crippen molar-refractivity contribution in [2.45, 2.75) is 0 Å². The summed E-state index contributed by atoms with van der Waals surface area (Å²) in [6.45, 7) is 0. The van der Waals surface area contributed by atoms with E-state index in [2.05, 4.69) is 426 Å². The maximum Gasteiger partial charge on any atom is 0.164 e. The zero-order valence-corrected chi connectivity index (χ0v) is 76.7. The highest BCUT2D eigenvalue weighted by Gasteiger charge is 2.29. The zero-order valence-electron chi connectivity index (χ0n) is 76.7. The summed E-state index contributed by atoms with van der Waals surface area (Å²) in [4.78, 5) is 31.7. The van der Waals surface area contributed by atoms with Crippen molar-refractivity contribution in [3.05, 3.63) is 491 Å². The third-order valence-electron chi connectivity index (χ3n) is 28.5. The molecule has 0 saturated heterocycles. The third kappa shape index (κ3) is 13.3. The molecule has 0 unspecified atom stereocenters. The van der Waals surface area contributed by atoms with E-state index >= 15 is 0 Å². The second-order valence-corrected chi connectivity index (χ2v) is 36.5. The van der Waals surface area contributed by atoms with Crippen LogP contribution in [0.5, 0.6) is 0 Å². The van der Waals surface area contributed by atoms with Crippen molar-refractivity contribution in [3.63, 3.8) is 0 Å². The SMILES string of the molecule is c1ccc(-c2nc(-c3ccccc3)nc(-c3cc(-c4cccc(-c5cccc6c5c5c7c(ccc5n6-c5ccccc5)oc5ccccc57)c4)cc4c5ccccc5c5ccccc5c34)n2)cc1.c1ccc(-c2nc(-c3ccccc3)nc(-c3cc(-c4ccccc4-c4cccc5c4c4cc6c(cc4n5-c4ccccc4)c4ccccc4n6-c4ccccc4)cc4c5ccccc5c5ccccc5c34)n2)cc1. The van der Waals surface area contributed by atoms with E-state index in [0.717, 1.165) is 171 Å². The number of rotatable bonds is 13. The molecule has 0 saturated carbocycles. The van der Waals surface area contributed by atoms with Crippen molar-refractivity contribution in [1.29, 1.82) is 0 Å². The van der Waals surface area contributed by atoms with Crippen LogP contribution in [0.25, 0.3) is 282 Å². The predicted octanol–water partition coefficient (Wildman–Crippen LogP) is 34.5. The fourth-order valence-electron chi connectivity index (χ4n) is 22.4. The lowest BCUT2D eigenvalue weighted by Gasteiger charge is -2.18. The van der Waals surface area contributed by atoms with Gasteiger partial charge in [0.05, 0.1) is 33.1 Å². The largest absolute Gasteiger partial charge is 0.456 e. The van der Waals surface area contributed by atoms with Crippen molar-refractivity contribution < 1.29 is 4.42 Å². The van der Waals surface area contributed by atoms with Crippen LogP contribution in [0.15, 0.2) is 496 Å². The van der Waals surface area contributed by atoms with Crippen LogP contribution in [0.3, 0.4) is 0 Å². The number of aromatic nitrogens is 9. The Labute approximate surface area is 815 Å². The Bertz CT molecular complexity index is 10000. The second kappa shape index (κ2) is 33.4. The highest BCUT2D eigenvalue weighted by atomic mass is 16.3. The van der Waals surface area contributed by atoms with Crippen LogP contribution in [0, 0.1) is 0 Å². The van der Waals surface area contributed by atoms with E-state index in [9.17, 15) is 0 Å². The normalized spacial score (nSPS) is 11.8.